The number of hydrogen-bond acceptors (Lipinski definition) is 8. The number of amides is 2. The van der Waals surface area contributed by atoms with Gasteiger partial charge in [-0.1, -0.05) is 11.8 Å². The first-order chi connectivity index (χ1) is 15.5. The lowest BCUT2D eigenvalue weighted by atomic mass is 10.1. The standard InChI is InChI=1S/C20H24N6O4S2/c1-3-30-20(29)25-7-4-13(5-8-25)26-18(28)17-14(6-9-31-17)21-19(26)32-11-16(27)22-15-10-12(2)23-24-15/h6,9-10,13H,3-5,7-8,11H2,1-2H3,(H2,22,23,24,27). The van der Waals surface area contributed by atoms with Gasteiger partial charge in [-0.05, 0) is 38.1 Å². The summed E-state index contributed by atoms with van der Waals surface area (Å²) in [7, 11) is 0. The van der Waals surface area contributed by atoms with E-state index in [1.165, 1.54) is 23.1 Å². The summed E-state index contributed by atoms with van der Waals surface area (Å²) in [5, 5.41) is 11.9. The highest BCUT2D eigenvalue weighted by Crippen LogP contribution is 2.29. The van der Waals surface area contributed by atoms with Crippen LogP contribution < -0.4 is 10.9 Å². The molecule has 0 spiro atoms. The number of carbonyl (C=O) groups is 2. The number of aromatic amines is 1. The number of piperidine rings is 1. The third-order valence-electron chi connectivity index (χ3n) is 5.14. The summed E-state index contributed by atoms with van der Waals surface area (Å²) < 4.78 is 7.37. The molecule has 0 bridgehead atoms. The second-order valence-corrected chi connectivity index (χ2v) is 9.25. The van der Waals surface area contributed by atoms with Crippen molar-refractivity contribution in [1.82, 2.24) is 24.6 Å². The zero-order chi connectivity index (χ0) is 22.7. The largest absolute Gasteiger partial charge is 0.450 e. The van der Waals surface area contributed by atoms with Crippen molar-refractivity contribution in [3.8, 4) is 0 Å². The number of rotatable bonds is 6. The first-order valence-corrected chi connectivity index (χ1v) is 12.2. The van der Waals surface area contributed by atoms with Crippen LogP contribution in [0.5, 0.6) is 0 Å². The van der Waals surface area contributed by atoms with Gasteiger partial charge in [0.1, 0.15) is 4.70 Å². The number of aryl methyl sites for hydroxylation is 1. The molecule has 1 aliphatic rings. The Morgan fingerprint density at radius 1 is 1.38 bits per heavy atom. The van der Waals surface area contributed by atoms with Crippen molar-refractivity contribution in [3.63, 3.8) is 0 Å². The summed E-state index contributed by atoms with van der Waals surface area (Å²) in [5.41, 5.74) is 1.37. The van der Waals surface area contributed by atoms with Crippen LogP contribution in [0.3, 0.4) is 0 Å². The van der Waals surface area contributed by atoms with Crippen molar-refractivity contribution in [1.29, 1.82) is 0 Å². The van der Waals surface area contributed by atoms with Crippen molar-refractivity contribution in [2.24, 2.45) is 0 Å². The molecule has 0 aromatic carbocycles. The van der Waals surface area contributed by atoms with Crippen LogP contribution in [0.4, 0.5) is 10.6 Å². The van der Waals surface area contributed by atoms with Gasteiger partial charge in [-0.15, -0.1) is 11.3 Å². The maximum Gasteiger partial charge on any atom is 0.409 e. The second-order valence-electron chi connectivity index (χ2n) is 7.39. The third-order valence-corrected chi connectivity index (χ3v) is 6.99. The van der Waals surface area contributed by atoms with Gasteiger partial charge in [0.25, 0.3) is 5.56 Å². The van der Waals surface area contributed by atoms with Gasteiger partial charge in [0, 0.05) is 30.9 Å². The molecule has 4 heterocycles. The molecule has 0 unspecified atom stereocenters. The van der Waals surface area contributed by atoms with Gasteiger partial charge in [0.15, 0.2) is 11.0 Å². The van der Waals surface area contributed by atoms with E-state index in [1.807, 2.05) is 18.4 Å². The normalized spacial score (nSPS) is 14.6. The molecule has 1 saturated heterocycles. The van der Waals surface area contributed by atoms with Crippen molar-refractivity contribution in [3.05, 3.63) is 33.6 Å². The Morgan fingerprint density at radius 3 is 2.84 bits per heavy atom. The fourth-order valence-corrected chi connectivity index (χ4v) is 5.27. The summed E-state index contributed by atoms with van der Waals surface area (Å²) in [6, 6.07) is 3.45. The maximum absolute atomic E-state index is 13.3. The Labute approximate surface area is 192 Å². The Hall–Kier alpha value is -2.86. The number of hydrogen-bond donors (Lipinski definition) is 2. The molecule has 10 nitrogen and oxygen atoms in total. The number of anilines is 1. The van der Waals surface area contributed by atoms with E-state index in [0.29, 0.717) is 53.7 Å². The molecule has 0 atom stereocenters. The number of H-pyrrole nitrogens is 1. The van der Waals surface area contributed by atoms with Crippen LogP contribution in [0.15, 0.2) is 27.5 Å². The maximum atomic E-state index is 13.3. The van der Waals surface area contributed by atoms with Crippen LogP contribution in [0.1, 0.15) is 31.5 Å². The average molecular weight is 477 g/mol. The fourth-order valence-electron chi connectivity index (χ4n) is 3.64. The molecule has 2 N–H and O–H groups in total. The van der Waals surface area contributed by atoms with Crippen molar-refractivity contribution < 1.29 is 14.3 Å². The first kappa shape index (κ1) is 22.3. The van der Waals surface area contributed by atoms with Gasteiger partial charge in [0.2, 0.25) is 5.91 Å². The number of carbonyl (C=O) groups excluding carboxylic acids is 2. The zero-order valence-electron chi connectivity index (χ0n) is 17.8. The average Bonchev–Trinajstić information content (AvgIpc) is 3.41. The third kappa shape index (κ3) is 4.80. The number of nitrogens with one attached hydrogen (secondary N) is 2. The van der Waals surface area contributed by atoms with E-state index in [2.05, 4.69) is 20.5 Å². The summed E-state index contributed by atoms with van der Waals surface area (Å²) in [6.45, 7) is 4.96. The topological polar surface area (TPSA) is 122 Å². The Kier molecular flexibility index (Phi) is 6.80. The molecule has 3 aromatic rings. The highest BCUT2D eigenvalue weighted by Gasteiger charge is 2.28. The van der Waals surface area contributed by atoms with Crippen LogP contribution in [-0.4, -0.2) is 62.1 Å². The molecule has 170 valence electrons. The van der Waals surface area contributed by atoms with E-state index in [4.69, 9.17) is 4.74 Å². The SMILES string of the molecule is CCOC(=O)N1CCC(n2c(SCC(=O)Nc3cc(C)[nH]n3)nc3ccsc3c2=O)CC1. The van der Waals surface area contributed by atoms with Crippen molar-refractivity contribution in [2.45, 2.75) is 37.9 Å². The minimum Gasteiger partial charge on any atom is -0.450 e. The smallest absolute Gasteiger partial charge is 0.409 e. The lowest BCUT2D eigenvalue weighted by Gasteiger charge is -2.32. The lowest BCUT2D eigenvalue weighted by molar-refractivity contribution is -0.113. The van der Waals surface area contributed by atoms with E-state index in [1.54, 1.807) is 22.5 Å². The van der Waals surface area contributed by atoms with Crippen LogP contribution in [0.25, 0.3) is 10.2 Å². The molecule has 3 aromatic heterocycles. The number of likely N-dealkylation sites (tertiary alicyclic amines) is 1. The highest BCUT2D eigenvalue weighted by molar-refractivity contribution is 7.99. The summed E-state index contributed by atoms with van der Waals surface area (Å²) >= 11 is 2.58. The number of aromatic nitrogens is 4. The number of ether oxygens (including phenoxy) is 1. The van der Waals surface area contributed by atoms with Gasteiger partial charge >= 0.3 is 6.09 Å². The van der Waals surface area contributed by atoms with Crippen molar-refractivity contribution >= 4 is 51.1 Å². The molecule has 4 rings (SSSR count). The summed E-state index contributed by atoms with van der Waals surface area (Å²) in [6.07, 6.45) is 0.901. The summed E-state index contributed by atoms with van der Waals surface area (Å²) in [5.74, 6) is 0.318. The predicted molar refractivity (Wildman–Crippen MR) is 123 cm³/mol. The van der Waals surface area contributed by atoms with Gasteiger partial charge in [-0.3, -0.25) is 19.3 Å². The number of thiophene rings is 1. The number of nitrogens with zero attached hydrogens (tertiary/aromatic N) is 4. The van der Waals surface area contributed by atoms with Gasteiger partial charge in [-0.2, -0.15) is 5.10 Å². The van der Waals surface area contributed by atoms with Gasteiger partial charge in [0.05, 0.1) is 17.9 Å². The van der Waals surface area contributed by atoms with E-state index < -0.39 is 0 Å². The molecule has 2 amide bonds. The molecule has 0 saturated carbocycles. The van der Waals surface area contributed by atoms with Crippen LogP contribution in [0, 0.1) is 6.92 Å². The summed E-state index contributed by atoms with van der Waals surface area (Å²) in [4.78, 5) is 44.0. The first-order valence-electron chi connectivity index (χ1n) is 10.3. The molecule has 32 heavy (non-hydrogen) atoms. The Balaban J connectivity index is 1.52. The Morgan fingerprint density at radius 2 is 2.16 bits per heavy atom. The van der Waals surface area contributed by atoms with E-state index in [9.17, 15) is 14.4 Å². The van der Waals surface area contributed by atoms with Crippen molar-refractivity contribution in [2.75, 3.05) is 30.8 Å². The quantitative estimate of drug-likeness (QED) is 0.414. The van der Waals surface area contributed by atoms with Crippen LogP contribution in [-0.2, 0) is 9.53 Å². The molecule has 12 heteroatoms. The second kappa shape index (κ2) is 9.74. The highest BCUT2D eigenvalue weighted by atomic mass is 32.2. The van der Waals surface area contributed by atoms with E-state index in [-0.39, 0.29) is 29.4 Å². The van der Waals surface area contributed by atoms with E-state index in [0.717, 1.165) is 5.69 Å². The number of fused-ring (bicyclic) bond motifs is 1. The zero-order valence-corrected chi connectivity index (χ0v) is 19.4. The molecule has 0 radical (unpaired) electrons. The molecular formula is C20H24N6O4S2. The minimum absolute atomic E-state index is 0.0929. The minimum atomic E-state index is -0.329. The fraction of sp³-hybridized carbons (Fsp3) is 0.450. The van der Waals surface area contributed by atoms with Gasteiger partial charge < -0.3 is 15.0 Å². The molecule has 1 aliphatic heterocycles. The molecular weight excluding hydrogens is 452 g/mol. The predicted octanol–water partition coefficient (Wildman–Crippen LogP) is 3.01. The molecule has 1 fully saturated rings. The monoisotopic (exact) mass is 476 g/mol. The van der Waals surface area contributed by atoms with E-state index >= 15 is 0 Å². The van der Waals surface area contributed by atoms with Crippen LogP contribution >= 0.6 is 23.1 Å². The lowest BCUT2D eigenvalue weighted by Crippen LogP contribution is -2.41. The molecule has 0 aliphatic carbocycles. The van der Waals surface area contributed by atoms with Crippen LogP contribution in [0.2, 0.25) is 0 Å². The number of thioether (sulfide) groups is 1. The Bertz CT molecular complexity index is 1180. The van der Waals surface area contributed by atoms with Gasteiger partial charge in [-0.25, -0.2) is 9.78 Å².